The molecule has 1 atom stereocenters. The summed E-state index contributed by atoms with van der Waals surface area (Å²) in [5, 5.41) is 2.70. The molecule has 0 aliphatic carbocycles. The van der Waals surface area contributed by atoms with Gasteiger partial charge in [0.1, 0.15) is 5.60 Å². The van der Waals surface area contributed by atoms with Crippen LogP contribution in [0, 0.1) is 5.92 Å². The first-order valence-corrected chi connectivity index (χ1v) is 8.15. The van der Waals surface area contributed by atoms with Crippen LogP contribution in [-0.2, 0) is 4.74 Å². The Morgan fingerprint density at radius 3 is 2.17 bits per heavy atom. The molecule has 0 fully saturated rings. The third kappa shape index (κ3) is 4.13. The Morgan fingerprint density at radius 1 is 1.17 bits per heavy atom. The summed E-state index contributed by atoms with van der Waals surface area (Å²) in [4.78, 5) is 37.8. The molecule has 0 bridgehead atoms. The maximum atomic E-state index is 12.4. The van der Waals surface area contributed by atoms with Crippen LogP contribution in [-0.4, -0.2) is 41.5 Å². The molecule has 24 heavy (non-hydrogen) atoms. The fourth-order valence-electron chi connectivity index (χ4n) is 2.54. The number of carbonyl (C=O) groups is 3. The fraction of sp³-hybridized carbons (Fsp3) is 0.500. The van der Waals surface area contributed by atoms with Crippen molar-refractivity contribution < 1.29 is 19.1 Å². The molecule has 1 N–H and O–H groups in total. The molecule has 0 saturated heterocycles. The zero-order valence-corrected chi connectivity index (χ0v) is 14.6. The molecule has 3 amide bonds. The van der Waals surface area contributed by atoms with E-state index in [9.17, 15) is 14.4 Å². The van der Waals surface area contributed by atoms with Gasteiger partial charge < -0.3 is 10.1 Å². The second-order valence-electron chi connectivity index (χ2n) is 6.92. The van der Waals surface area contributed by atoms with Crippen molar-refractivity contribution in [2.24, 2.45) is 5.92 Å². The molecule has 1 aromatic rings. The van der Waals surface area contributed by atoms with Crippen LogP contribution < -0.4 is 5.32 Å². The third-order valence-corrected chi connectivity index (χ3v) is 3.83. The van der Waals surface area contributed by atoms with Gasteiger partial charge in [0, 0.05) is 13.1 Å². The van der Waals surface area contributed by atoms with Crippen molar-refractivity contribution in [2.75, 3.05) is 13.1 Å². The van der Waals surface area contributed by atoms with Crippen molar-refractivity contribution in [2.45, 2.75) is 39.7 Å². The van der Waals surface area contributed by atoms with Crippen molar-refractivity contribution in [1.82, 2.24) is 10.2 Å². The van der Waals surface area contributed by atoms with E-state index >= 15 is 0 Å². The summed E-state index contributed by atoms with van der Waals surface area (Å²) in [5.41, 5.74) is 0.323. The van der Waals surface area contributed by atoms with Crippen LogP contribution in [0.1, 0.15) is 54.8 Å². The van der Waals surface area contributed by atoms with Gasteiger partial charge in [-0.25, -0.2) is 4.79 Å². The first-order valence-electron chi connectivity index (χ1n) is 8.15. The number of hydrogen-bond acceptors (Lipinski definition) is 4. The Balaban J connectivity index is 1.96. The van der Waals surface area contributed by atoms with Crippen LogP contribution in [0.2, 0.25) is 0 Å². The smallest absolute Gasteiger partial charge is 0.407 e. The number of nitrogens with one attached hydrogen (secondary N) is 1. The molecule has 0 radical (unpaired) electrons. The molecule has 0 saturated carbocycles. The lowest BCUT2D eigenvalue weighted by Gasteiger charge is -2.23. The molecular formula is C18H24N2O4. The monoisotopic (exact) mass is 332 g/mol. The minimum atomic E-state index is -0.561. The van der Waals surface area contributed by atoms with Gasteiger partial charge in [-0.2, -0.15) is 0 Å². The predicted molar refractivity (Wildman–Crippen MR) is 89.8 cm³/mol. The van der Waals surface area contributed by atoms with E-state index in [2.05, 4.69) is 5.32 Å². The number of hydrogen-bond donors (Lipinski definition) is 1. The van der Waals surface area contributed by atoms with Crippen molar-refractivity contribution >= 4 is 17.9 Å². The summed E-state index contributed by atoms with van der Waals surface area (Å²) in [6.07, 6.45) is 0.228. The zero-order chi connectivity index (χ0) is 17.9. The molecule has 1 aliphatic rings. The second kappa shape index (κ2) is 7.03. The summed E-state index contributed by atoms with van der Waals surface area (Å²) in [7, 11) is 0. The molecule has 0 spiro atoms. The summed E-state index contributed by atoms with van der Waals surface area (Å²) in [5.74, 6) is -0.572. The molecule has 1 aromatic carbocycles. The number of amides is 3. The largest absolute Gasteiger partial charge is 0.444 e. The predicted octanol–water partition coefficient (Wildman–Crippen LogP) is 2.83. The van der Waals surface area contributed by atoms with E-state index in [4.69, 9.17) is 4.74 Å². The fourth-order valence-corrected chi connectivity index (χ4v) is 2.54. The molecule has 130 valence electrons. The van der Waals surface area contributed by atoms with Crippen LogP contribution in [0.5, 0.6) is 0 Å². The Hall–Kier alpha value is -2.37. The molecule has 2 rings (SSSR count). The molecule has 0 unspecified atom stereocenters. The van der Waals surface area contributed by atoms with E-state index in [1.54, 1.807) is 45.0 Å². The van der Waals surface area contributed by atoms with Gasteiger partial charge in [-0.3, -0.25) is 14.5 Å². The molecule has 6 heteroatoms. The van der Waals surface area contributed by atoms with E-state index in [0.717, 1.165) is 6.42 Å². The number of ether oxygens (including phenoxy) is 1. The topological polar surface area (TPSA) is 75.7 Å². The zero-order valence-electron chi connectivity index (χ0n) is 14.6. The highest BCUT2D eigenvalue weighted by molar-refractivity contribution is 6.21. The quantitative estimate of drug-likeness (QED) is 0.841. The van der Waals surface area contributed by atoms with Crippen molar-refractivity contribution in [3.63, 3.8) is 0 Å². The van der Waals surface area contributed by atoms with Crippen molar-refractivity contribution in [3.05, 3.63) is 35.4 Å². The lowest BCUT2D eigenvalue weighted by molar-refractivity contribution is 0.0513. The van der Waals surface area contributed by atoms with Crippen LogP contribution in [0.3, 0.4) is 0 Å². The molecule has 1 heterocycles. The average Bonchev–Trinajstić information content (AvgIpc) is 2.74. The Kier molecular flexibility index (Phi) is 5.26. The molecule has 6 nitrogen and oxygen atoms in total. The summed E-state index contributed by atoms with van der Waals surface area (Å²) >= 11 is 0. The lowest BCUT2D eigenvalue weighted by Crippen LogP contribution is -2.40. The molecule has 0 aromatic heterocycles. The van der Waals surface area contributed by atoms with Crippen LogP contribution >= 0.6 is 0 Å². The molecule has 1 aliphatic heterocycles. The number of rotatable bonds is 5. The maximum Gasteiger partial charge on any atom is 0.407 e. The standard InChI is InChI=1S/C18H24N2O4/c1-5-12(10-19-17(23)24-18(2,3)4)11-20-15(21)13-8-6-7-9-14(13)16(20)22/h6-9,12H,5,10-11H2,1-4H3,(H,19,23)/t12-/m1/s1. The number of alkyl carbamates (subject to hydrolysis) is 1. The second-order valence-corrected chi connectivity index (χ2v) is 6.92. The van der Waals surface area contributed by atoms with Gasteiger partial charge in [-0.05, 0) is 45.2 Å². The van der Waals surface area contributed by atoms with Gasteiger partial charge in [0.2, 0.25) is 0 Å². The Morgan fingerprint density at radius 2 is 1.71 bits per heavy atom. The third-order valence-electron chi connectivity index (χ3n) is 3.83. The van der Waals surface area contributed by atoms with E-state index < -0.39 is 11.7 Å². The number of nitrogens with zero attached hydrogens (tertiary/aromatic N) is 1. The summed E-state index contributed by atoms with van der Waals surface area (Å²) in [6.45, 7) is 7.96. The first-order chi connectivity index (χ1) is 11.2. The van der Waals surface area contributed by atoms with E-state index in [-0.39, 0.29) is 24.3 Å². The number of benzene rings is 1. The first kappa shape index (κ1) is 18.0. The van der Waals surface area contributed by atoms with Gasteiger partial charge in [0.05, 0.1) is 11.1 Å². The Bertz CT molecular complexity index is 614. The highest BCUT2D eigenvalue weighted by Crippen LogP contribution is 2.23. The normalized spacial score (nSPS) is 15.2. The minimum absolute atomic E-state index is 0.0280. The maximum absolute atomic E-state index is 12.4. The highest BCUT2D eigenvalue weighted by Gasteiger charge is 2.36. The van der Waals surface area contributed by atoms with Gasteiger partial charge in [0.15, 0.2) is 0 Å². The lowest BCUT2D eigenvalue weighted by atomic mass is 10.1. The van der Waals surface area contributed by atoms with E-state index in [1.807, 2.05) is 6.92 Å². The van der Waals surface area contributed by atoms with Crippen molar-refractivity contribution in [3.8, 4) is 0 Å². The van der Waals surface area contributed by atoms with Crippen molar-refractivity contribution in [1.29, 1.82) is 0 Å². The van der Waals surface area contributed by atoms with Crippen LogP contribution in [0.25, 0.3) is 0 Å². The van der Waals surface area contributed by atoms with Crippen LogP contribution in [0.15, 0.2) is 24.3 Å². The summed E-state index contributed by atoms with van der Waals surface area (Å²) < 4.78 is 5.20. The van der Waals surface area contributed by atoms with Gasteiger partial charge in [0.25, 0.3) is 11.8 Å². The van der Waals surface area contributed by atoms with Gasteiger partial charge >= 0.3 is 6.09 Å². The average molecular weight is 332 g/mol. The SMILES string of the molecule is CC[C@H](CNC(=O)OC(C)(C)C)CN1C(=O)c2ccccc2C1=O. The summed E-state index contributed by atoms with van der Waals surface area (Å²) in [6, 6.07) is 6.81. The Labute approximate surface area is 142 Å². The molecular weight excluding hydrogens is 308 g/mol. The number of carbonyl (C=O) groups excluding carboxylic acids is 3. The van der Waals surface area contributed by atoms with E-state index in [0.29, 0.717) is 17.7 Å². The van der Waals surface area contributed by atoms with Gasteiger partial charge in [-0.15, -0.1) is 0 Å². The van der Waals surface area contributed by atoms with Gasteiger partial charge in [-0.1, -0.05) is 19.1 Å². The van der Waals surface area contributed by atoms with Crippen LogP contribution in [0.4, 0.5) is 4.79 Å². The van der Waals surface area contributed by atoms with E-state index in [1.165, 1.54) is 4.90 Å². The number of fused-ring (bicyclic) bond motifs is 1. The number of imide groups is 1. The highest BCUT2D eigenvalue weighted by atomic mass is 16.6. The minimum Gasteiger partial charge on any atom is -0.444 e.